The molecule has 0 saturated heterocycles. The second kappa shape index (κ2) is 5.90. The molecule has 0 atom stereocenters. The third-order valence-electron chi connectivity index (χ3n) is 2.17. The van der Waals surface area contributed by atoms with Crippen LogP contribution in [-0.4, -0.2) is 10.9 Å². The fourth-order valence-electron chi connectivity index (χ4n) is 1.44. The monoisotopic (exact) mass is 260 g/mol. The summed E-state index contributed by atoms with van der Waals surface area (Å²) in [5.41, 5.74) is 0. The van der Waals surface area contributed by atoms with Crippen molar-refractivity contribution in [1.82, 2.24) is 0 Å². The van der Waals surface area contributed by atoms with E-state index < -0.39 is 0 Å². The number of benzene rings is 1. The molecule has 0 aliphatic carbocycles. The van der Waals surface area contributed by atoms with E-state index in [2.05, 4.69) is 30.0 Å². The highest BCUT2D eigenvalue weighted by Crippen LogP contribution is 2.24. The molecule has 0 N–H and O–H groups in total. The molecule has 86 valence electrons. The van der Waals surface area contributed by atoms with Crippen LogP contribution in [0.5, 0.6) is 0 Å². The first-order valence-corrected chi connectivity index (χ1v) is 7.17. The van der Waals surface area contributed by atoms with Crippen molar-refractivity contribution < 1.29 is 4.79 Å². The predicted molar refractivity (Wildman–Crippen MR) is 76.5 cm³/mol. The molecule has 0 aliphatic heterocycles. The van der Waals surface area contributed by atoms with Crippen molar-refractivity contribution in [3.8, 4) is 11.8 Å². The lowest BCUT2D eigenvalue weighted by atomic mass is 10.2. The number of thioether (sulfide) groups is 1. The van der Waals surface area contributed by atoms with Gasteiger partial charge in [-0.25, -0.2) is 0 Å². The van der Waals surface area contributed by atoms with Crippen molar-refractivity contribution in [2.24, 2.45) is 0 Å². The Hall–Kier alpha value is -1.24. The van der Waals surface area contributed by atoms with E-state index in [9.17, 15) is 4.79 Å². The smallest absolute Gasteiger partial charge is 0.185 e. The number of fused-ring (bicyclic) bond motifs is 1. The fraction of sp³-hybridized carbons (Fsp3) is 0.214. The van der Waals surface area contributed by atoms with Crippen LogP contribution in [0.1, 0.15) is 18.2 Å². The second-order valence-corrected chi connectivity index (χ2v) is 5.90. The summed E-state index contributed by atoms with van der Waals surface area (Å²) in [6, 6.07) is 10.4. The van der Waals surface area contributed by atoms with Gasteiger partial charge in [0.1, 0.15) is 0 Å². The van der Waals surface area contributed by atoms with Gasteiger partial charge < -0.3 is 0 Å². The highest BCUT2D eigenvalue weighted by molar-refractivity contribution is 8.13. The van der Waals surface area contributed by atoms with Gasteiger partial charge >= 0.3 is 0 Å². The van der Waals surface area contributed by atoms with Gasteiger partial charge in [0.15, 0.2) is 5.12 Å². The maximum atomic E-state index is 10.7. The SMILES string of the molecule is CC(=O)SCCC#Cc1cc2ccccc2s1. The lowest BCUT2D eigenvalue weighted by Crippen LogP contribution is -1.83. The Balaban J connectivity index is 1.99. The second-order valence-electron chi connectivity index (χ2n) is 3.54. The summed E-state index contributed by atoms with van der Waals surface area (Å²) in [5.74, 6) is 7.04. The lowest BCUT2D eigenvalue weighted by molar-refractivity contribution is -0.109. The largest absolute Gasteiger partial charge is 0.288 e. The molecule has 0 unspecified atom stereocenters. The van der Waals surface area contributed by atoms with Crippen molar-refractivity contribution in [3.63, 3.8) is 0 Å². The van der Waals surface area contributed by atoms with Crippen LogP contribution in [-0.2, 0) is 4.79 Å². The Morgan fingerprint density at radius 2 is 2.24 bits per heavy atom. The molecule has 0 fully saturated rings. The van der Waals surface area contributed by atoms with E-state index in [4.69, 9.17) is 0 Å². The molecule has 1 nitrogen and oxygen atoms in total. The summed E-state index contributed by atoms with van der Waals surface area (Å²) in [7, 11) is 0. The Kier molecular flexibility index (Phi) is 4.24. The van der Waals surface area contributed by atoms with Gasteiger partial charge in [-0.1, -0.05) is 41.8 Å². The molecule has 0 radical (unpaired) electrons. The molecule has 0 bridgehead atoms. The van der Waals surface area contributed by atoms with Crippen LogP contribution in [0.3, 0.4) is 0 Å². The molecule has 17 heavy (non-hydrogen) atoms. The van der Waals surface area contributed by atoms with E-state index in [0.717, 1.165) is 17.1 Å². The Labute approximate surface area is 109 Å². The topological polar surface area (TPSA) is 17.1 Å². The molecular weight excluding hydrogens is 248 g/mol. The van der Waals surface area contributed by atoms with Gasteiger partial charge in [-0.2, -0.15) is 0 Å². The molecule has 1 aromatic carbocycles. The lowest BCUT2D eigenvalue weighted by Gasteiger charge is -1.87. The normalized spacial score (nSPS) is 9.94. The molecule has 2 rings (SSSR count). The molecule has 2 aromatic rings. The van der Waals surface area contributed by atoms with Crippen LogP contribution in [0.4, 0.5) is 0 Å². The zero-order chi connectivity index (χ0) is 12.1. The van der Waals surface area contributed by atoms with E-state index in [-0.39, 0.29) is 5.12 Å². The number of hydrogen-bond acceptors (Lipinski definition) is 3. The summed E-state index contributed by atoms with van der Waals surface area (Å²) in [6.07, 6.45) is 0.762. The van der Waals surface area contributed by atoms with Crippen LogP contribution < -0.4 is 0 Å². The maximum Gasteiger partial charge on any atom is 0.185 e. The van der Waals surface area contributed by atoms with Crippen LogP contribution in [0, 0.1) is 11.8 Å². The first-order chi connectivity index (χ1) is 8.25. The van der Waals surface area contributed by atoms with E-state index in [1.54, 1.807) is 18.3 Å². The van der Waals surface area contributed by atoms with Gasteiger partial charge in [-0.3, -0.25) is 4.79 Å². The standard InChI is InChI=1S/C14H12OS2/c1-11(15)16-9-5-4-7-13-10-12-6-2-3-8-14(12)17-13/h2-3,6,8,10H,5,9H2,1H3. The Morgan fingerprint density at radius 1 is 1.41 bits per heavy atom. The van der Waals surface area contributed by atoms with Gasteiger partial charge in [-0.15, -0.1) is 11.3 Å². The van der Waals surface area contributed by atoms with Crippen LogP contribution in [0.2, 0.25) is 0 Å². The predicted octanol–water partition coefficient (Wildman–Crippen LogP) is 3.92. The highest BCUT2D eigenvalue weighted by atomic mass is 32.2. The number of carbonyl (C=O) groups is 1. The molecule has 0 saturated carbocycles. The molecular formula is C14H12OS2. The van der Waals surface area contributed by atoms with Gasteiger partial charge in [0.2, 0.25) is 0 Å². The van der Waals surface area contributed by atoms with Crippen LogP contribution in [0.15, 0.2) is 30.3 Å². The van der Waals surface area contributed by atoms with Crippen molar-refractivity contribution in [2.75, 3.05) is 5.75 Å². The molecule has 3 heteroatoms. The third-order valence-corrected chi connectivity index (χ3v) is 4.02. The minimum absolute atomic E-state index is 0.161. The zero-order valence-electron chi connectivity index (χ0n) is 9.53. The summed E-state index contributed by atoms with van der Waals surface area (Å²) in [4.78, 5) is 11.8. The van der Waals surface area contributed by atoms with Gasteiger partial charge in [0, 0.05) is 23.8 Å². The van der Waals surface area contributed by atoms with Crippen LogP contribution in [0.25, 0.3) is 10.1 Å². The summed E-state index contributed by atoms with van der Waals surface area (Å²) >= 11 is 3.05. The van der Waals surface area contributed by atoms with Crippen molar-refractivity contribution >= 4 is 38.3 Å². The molecule has 1 heterocycles. The molecule has 0 amide bonds. The third kappa shape index (κ3) is 3.62. The number of thiophene rings is 1. The number of rotatable bonds is 2. The van der Waals surface area contributed by atoms with Gasteiger partial charge in [0.25, 0.3) is 0 Å². The minimum atomic E-state index is 0.161. The van der Waals surface area contributed by atoms with Crippen molar-refractivity contribution in [1.29, 1.82) is 0 Å². The fourth-order valence-corrected chi connectivity index (χ4v) is 2.87. The minimum Gasteiger partial charge on any atom is -0.288 e. The Morgan fingerprint density at radius 3 is 3.00 bits per heavy atom. The molecule has 1 aromatic heterocycles. The first kappa shape index (κ1) is 12.2. The maximum absolute atomic E-state index is 10.7. The number of carbonyl (C=O) groups excluding carboxylic acids is 1. The molecule has 0 aliphatic rings. The Bertz CT molecular complexity index is 554. The highest BCUT2D eigenvalue weighted by Gasteiger charge is 1.97. The zero-order valence-corrected chi connectivity index (χ0v) is 11.2. The summed E-state index contributed by atoms with van der Waals surface area (Å²) in [6.45, 7) is 1.59. The molecule has 0 spiro atoms. The quantitative estimate of drug-likeness (QED) is 0.601. The van der Waals surface area contributed by atoms with Gasteiger partial charge in [-0.05, 0) is 17.5 Å². The van der Waals surface area contributed by atoms with Gasteiger partial charge in [0.05, 0.1) is 4.88 Å². The first-order valence-electron chi connectivity index (χ1n) is 5.36. The van der Waals surface area contributed by atoms with Crippen molar-refractivity contribution in [3.05, 3.63) is 35.2 Å². The summed E-state index contributed by atoms with van der Waals surface area (Å²) in [5, 5.41) is 1.41. The average Bonchev–Trinajstić information content (AvgIpc) is 2.70. The number of hydrogen-bond donors (Lipinski definition) is 0. The van der Waals surface area contributed by atoms with E-state index in [1.165, 1.54) is 21.8 Å². The van der Waals surface area contributed by atoms with Crippen molar-refractivity contribution in [2.45, 2.75) is 13.3 Å². The average molecular weight is 260 g/mol. The summed E-state index contributed by atoms with van der Waals surface area (Å²) < 4.78 is 1.27. The van der Waals surface area contributed by atoms with E-state index in [1.807, 2.05) is 12.1 Å². The van der Waals surface area contributed by atoms with E-state index >= 15 is 0 Å². The van der Waals surface area contributed by atoms with Crippen LogP contribution >= 0.6 is 23.1 Å². The van der Waals surface area contributed by atoms with E-state index in [0.29, 0.717) is 0 Å².